The Balaban J connectivity index is 1.52. The van der Waals surface area contributed by atoms with Crippen molar-refractivity contribution in [3.8, 4) is 17.6 Å². The van der Waals surface area contributed by atoms with Crippen molar-refractivity contribution in [1.29, 1.82) is 5.26 Å². The lowest BCUT2D eigenvalue weighted by Gasteiger charge is -2.23. The quantitative estimate of drug-likeness (QED) is 0.351. The van der Waals surface area contributed by atoms with Gasteiger partial charge < -0.3 is 10.5 Å². The average Bonchev–Trinajstić information content (AvgIpc) is 2.86. The molecule has 2 N–H and O–H groups in total. The first-order valence-electron chi connectivity index (χ1n) is 11.0. The van der Waals surface area contributed by atoms with E-state index in [9.17, 15) is 0 Å². The number of hydrogen-bond acceptors (Lipinski definition) is 4. The lowest BCUT2D eigenvalue weighted by atomic mass is 10.1. The number of nitrogens with zero attached hydrogens (tertiary/aromatic N) is 2. The first-order chi connectivity index (χ1) is 16.2. The van der Waals surface area contributed by atoms with Gasteiger partial charge in [0, 0.05) is 26.2 Å². The van der Waals surface area contributed by atoms with E-state index in [4.69, 9.17) is 15.7 Å². The molecule has 4 aromatic rings. The molecule has 4 heteroatoms. The Hall–Kier alpha value is -3.91. The summed E-state index contributed by atoms with van der Waals surface area (Å²) in [6.45, 7) is 2.89. The predicted octanol–water partition coefficient (Wildman–Crippen LogP) is 6.01. The van der Waals surface area contributed by atoms with Crippen LogP contribution in [0.3, 0.4) is 0 Å². The Morgan fingerprint density at radius 3 is 1.85 bits per heavy atom. The average molecular weight is 434 g/mol. The first-order valence-corrected chi connectivity index (χ1v) is 11.0. The van der Waals surface area contributed by atoms with Crippen LogP contribution < -0.4 is 10.5 Å². The third-order valence-electron chi connectivity index (χ3n) is 5.44. The van der Waals surface area contributed by atoms with Crippen molar-refractivity contribution >= 4 is 0 Å². The van der Waals surface area contributed by atoms with E-state index in [1.807, 2.05) is 66.7 Å². The summed E-state index contributed by atoms with van der Waals surface area (Å²) in [5.74, 6) is 1.65. The Bertz CT molecular complexity index is 1200. The Kier molecular flexibility index (Phi) is 7.50. The minimum Gasteiger partial charge on any atom is -0.457 e. The summed E-state index contributed by atoms with van der Waals surface area (Å²) in [6.07, 6.45) is 0. The number of nitrogens with two attached hydrogens (primary N) is 1. The molecule has 33 heavy (non-hydrogen) atoms. The third kappa shape index (κ3) is 6.54. The molecule has 0 radical (unpaired) electrons. The molecule has 4 aromatic carbocycles. The maximum Gasteiger partial charge on any atom is 0.127 e. The normalized spacial score (nSPS) is 10.7. The molecule has 0 heterocycles. The second-order valence-corrected chi connectivity index (χ2v) is 8.04. The highest BCUT2D eigenvalue weighted by molar-refractivity contribution is 5.35. The van der Waals surface area contributed by atoms with Crippen LogP contribution in [-0.4, -0.2) is 4.90 Å². The number of rotatable bonds is 9. The van der Waals surface area contributed by atoms with Gasteiger partial charge in [-0.25, -0.2) is 0 Å². The maximum atomic E-state index is 9.09. The summed E-state index contributed by atoms with van der Waals surface area (Å²) in [4.78, 5) is 2.39. The van der Waals surface area contributed by atoms with Crippen LogP contribution in [0, 0.1) is 11.3 Å². The molecule has 4 nitrogen and oxygen atoms in total. The van der Waals surface area contributed by atoms with Gasteiger partial charge in [-0.05, 0) is 58.7 Å². The largest absolute Gasteiger partial charge is 0.457 e. The highest BCUT2D eigenvalue weighted by Gasteiger charge is 2.10. The van der Waals surface area contributed by atoms with Crippen molar-refractivity contribution in [2.45, 2.75) is 26.2 Å². The SMILES string of the molecule is N#Cc1ccc(CN(Cc2ccc(CN)cc2)Cc2cccc(Oc3ccccc3)c2)cc1. The fraction of sp³-hybridized carbons (Fsp3) is 0.138. The van der Waals surface area contributed by atoms with Crippen molar-refractivity contribution in [1.82, 2.24) is 4.90 Å². The third-order valence-corrected chi connectivity index (χ3v) is 5.44. The molecule has 4 rings (SSSR count). The van der Waals surface area contributed by atoms with Crippen molar-refractivity contribution in [3.63, 3.8) is 0 Å². The van der Waals surface area contributed by atoms with Crippen LogP contribution in [0.25, 0.3) is 0 Å². The summed E-state index contributed by atoms with van der Waals surface area (Å²) < 4.78 is 6.03. The number of hydrogen-bond donors (Lipinski definition) is 1. The highest BCUT2D eigenvalue weighted by atomic mass is 16.5. The van der Waals surface area contributed by atoms with Crippen molar-refractivity contribution in [2.75, 3.05) is 0 Å². The molecule has 164 valence electrons. The van der Waals surface area contributed by atoms with Crippen LogP contribution in [-0.2, 0) is 26.2 Å². The fourth-order valence-electron chi connectivity index (χ4n) is 3.74. The molecule has 0 saturated heterocycles. The van der Waals surface area contributed by atoms with Gasteiger partial charge in [-0.1, -0.05) is 66.7 Å². The van der Waals surface area contributed by atoms with Gasteiger partial charge in [0.05, 0.1) is 11.6 Å². The van der Waals surface area contributed by atoms with Gasteiger partial charge in [0.1, 0.15) is 11.5 Å². The minimum absolute atomic E-state index is 0.545. The molecular formula is C29H27N3O. The van der Waals surface area contributed by atoms with Crippen LogP contribution in [0.4, 0.5) is 0 Å². The van der Waals surface area contributed by atoms with Crippen LogP contribution in [0.5, 0.6) is 11.5 Å². The van der Waals surface area contributed by atoms with Gasteiger partial charge in [-0.3, -0.25) is 4.90 Å². The van der Waals surface area contributed by atoms with Gasteiger partial charge in [0.2, 0.25) is 0 Å². The molecule has 0 spiro atoms. The second kappa shape index (κ2) is 11.1. The van der Waals surface area contributed by atoms with Crippen LogP contribution in [0.1, 0.15) is 27.8 Å². The summed E-state index contributed by atoms with van der Waals surface area (Å²) in [6, 6.07) is 36.5. The second-order valence-electron chi connectivity index (χ2n) is 8.04. The number of nitriles is 1. The topological polar surface area (TPSA) is 62.3 Å². The lowest BCUT2D eigenvalue weighted by molar-refractivity contribution is 0.247. The van der Waals surface area contributed by atoms with Crippen molar-refractivity contribution in [2.24, 2.45) is 5.73 Å². The molecule has 0 bridgehead atoms. The van der Waals surface area contributed by atoms with Crippen LogP contribution in [0.15, 0.2) is 103 Å². The molecule has 0 unspecified atom stereocenters. The van der Waals surface area contributed by atoms with E-state index in [2.05, 4.69) is 47.4 Å². The zero-order valence-electron chi connectivity index (χ0n) is 18.5. The minimum atomic E-state index is 0.545. The van der Waals surface area contributed by atoms with Crippen LogP contribution in [0.2, 0.25) is 0 Å². The van der Waals surface area contributed by atoms with E-state index >= 15 is 0 Å². The predicted molar refractivity (Wildman–Crippen MR) is 131 cm³/mol. The van der Waals surface area contributed by atoms with E-state index in [0.29, 0.717) is 12.1 Å². The van der Waals surface area contributed by atoms with Gasteiger partial charge >= 0.3 is 0 Å². The molecular weight excluding hydrogens is 406 g/mol. The summed E-state index contributed by atoms with van der Waals surface area (Å²) in [7, 11) is 0. The number of ether oxygens (including phenoxy) is 1. The molecule has 0 atom stereocenters. The molecule has 0 amide bonds. The monoisotopic (exact) mass is 433 g/mol. The Morgan fingerprint density at radius 2 is 1.21 bits per heavy atom. The molecule has 0 aliphatic carbocycles. The summed E-state index contributed by atoms with van der Waals surface area (Å²) in [5, 5.41) is 9.09. The van der Waals surface area contributed by atoms with Crippen molar-refractivity contribution in [3.05, 3.63) is 131 Å². The highest BCUT2D eigenvalue weighted by Crippen LogP contribution is 2.23. The van der Waals surface area contributed by atoms with E-state index in [1.165, 1.54) is 16.7 Å². The zero-order valence-corrected chi connectivity index (χ0v) is 18.5. The summed E-state index contributed by atoms with van der Waals surface area (Å²) in [5.41, 5.74) is 11.1. The van der Waals surface area contributed by atoms with E-state index in [1.54, 1.807) is 0 Å². The molecule has 0 aliphatic rings. The van der Waals surface area contributed by atoms with E-state index in [0.717, 1.165) is 36.7 Å². The first kappa shape index (κ1) is 22.3. The zero-order chi connectivity index (χ0) is 22.9. The van der Waals surface area contributed by atoms with Gasteiger partial charge in [0.25, 0.3) is 0 Å². The summed E-state index contributed by atoms with van der Waals surface area (Å²) >= 11 is 0. The van der Waals surface area contributed by atoms with E-state index < -0.39 is 0 Å². The maximum absolute atomic E-state index is 9.09. The molecule has 0 aliphatic heterocycles. The number of para-hydroxylation sites is 1. The number of benzene rings is 4. The molecule has 0 aromatic heterocycles. The van der Waals surface area contributed by atoms with E-state index in [-0.39, 0.29) is 0 Å². The molecule has 0 saturated carbocycles. The Morgan fingerprint density at radius 1 is 0.636 bits per heavy atom. The Labute approximate surface area is 195 Å². The smallest absolute Gasteiger partial charge is 0.127 e. The van der Waals surface area contributed by atoms with Crippen molar-refractivity contribution < 1.29 is 4.74 Å². The lowest BCUT2D eigenvalue weighted by Crippen LogP contribution is -2.22. The fourth-order valence-corrected chi connectivity index (χ4v) is 3.74. The molecule has 0 fully saturated rings. The van der Waals surface area contributed by atoms with Gasteiger partial charge in [-0.15, -0.1) is 0 Å². The van der Waals surface area contributed by atoms with Gasteiger partial charge in [-0.2, -0.15) is 5.26 Å². The van der Waals surface area contributed by atoms with Crippen LogP contribution >= 0.6 is 0 Å². The standard InChI is InChI=1S/C29H27N3O/c30-18-23-9-13-25(14-10-23)20-32(21-26-15-11-24(19-31)12-16-26)22-27-5-4-8-29(17-27)33-28-6-2-1-3-7-28/h1-17H,18,20-22,30H2. The van der Waals surface area contributed by atoms with Gasteiger partial charge in [0.15, 0.2) is 0 Å².